The van der Waals surface area contributed by atoms with Crippen molar-refractivity contribution in [3.05, 3.63) is 71.8 Å². The summed E-state index contributed by atoms with van der Waals surface area (Å²) in [4.78, 5) is 0. The Bertz CT molecular complexity index is 1710. The van der Waals surface area contributed by atoms with Gasteiger partial charge in [-0.15, -0.1) is 0 Å². The number of anilines is 4. The molecular weight excluding hydrogens is 532 g/mol. The maximum Gasteiger partial charge on any atom is 0.108 e. The van der Waals surface area contributed by atoms with Crippen LogP contribution in [0.3, 0.4) is 0 Å². The number of benzene rings is 4. The van der Waals surface area contributed by atoms with Crippen molar-refractivity contribution < 1.29 is 10.2 Å². The maximum atomic E-state index is 11.8. The van der Waals surface area contributed by atoms with E-state index >= 15 is 0 Å². The molecule has 5 aliphatic rings. The Morgan fingerprint density at radius 2 is 1.00 bits per heavy atom. The lowest BCUT2D eigenvalue weighted by atomic mass is 9.62. The van der Waals surface area contributed by atoms with Crippen LogP contribution in [0.2, 0.25) is 0 Å². The molecule has 0 bridgehead atoms. The van der Waals surface area contributed by atoms with Crippen molar-refractivity contribution in [2.75, 3.05) is 21.3 Å². The summed E-state index contributed by atoms with van der Waals surface area (Å²) in [5.74, 6) is 0.0925. The molecule has 0 amide bonds. The van der Waals surface area contributed by atoms with Crippen molar-refractivity contribution in [2.45, 2.75) is 100 Å². The van der Waals surface area contributed by atoms with Crippen LogP contribution in [0, 0.1) is 5.92 Å². The van der Waals surface area contributed by atoms with Gasteiger partial charge in [0.15, 0.2) is 0 Å². The van der Waals surface area contributed by atoms with E-state index in [1.54, 1.807) is 0 Å². The molecule has 4 aromatic rings. The van der Waals surface area contributed by atoms with Gasteiger partial charge in [-0.1, -0.05) is 49.7 Å². The summed E-state index contributed by atoms with van der Waals surface area (Å²) in [5, 5.41) is 43.6. The monoisotopic (exact) mass is 574 g/mol. The van der Waals surface area contributed by atoms with Crippen LogP contribution in [-0.4, -0.2) is 33.7 Å². The minimum atomic E-state index is -0.672. The fourth-order valence-electron chi connectivity index (χ4n) is 9.30. The molecule has 0 saturated heterocycles. The van der Waals surface area contributed by atoms with Crippen molar-refractivity contribution >= 4 is 44.3 Å². The molecule has 6 N–H and O–H groups in total. The van der Waals surface area contributed by atoms with Crippen molar-refractivity contribution in [2.24, 2.45) is 5.92 Å². The molecule has 222 valence electrons. The normalized spacial score (nSPS) is 32.0. The van der Waals surface area contributed by atoms with Crippen LogP contribution in [0.15, 0.2) is 60.7 Å². The molecule has 6 heteroatoms. The summed E-state index contributed by atoms with van der Waals surface area (Å²) < 4.78 is 0. The van der Waals surface area contributed by atoms with Gasteiger partial charge in [0.25, 0.3) is 0 Å². The van der Waals surface area contributed by atoms with Crippen LogP contribution < -0.4 is 21.3 Å². The van der Waals surface area contributed by atoms with Gasteiger partial charge in [0.05, 0.1) is 12.2 Å². The summed E-state index contributed by atoms with van der Waals surface area (Å²) in [6.07, 6.45) is 9.29. The fourth-order valence-corrected chi connectivity index (χ4v) is 9.30. The molecule has 3 fully saturated rings. The van der Waals surface area contributed by atoms with E-state index in [4.69, 9.17) is 0 Å². The molecule has 6 nitrogen and oxygen atoms in total. The van der Waals surface area contributed by atoms with Gasteiger partial charge in [-0.25, -0.2) is 0 Å². The van der Waals surface area contributed by atoms with E-state index in [2.05, 4.69) is 88.9 Å². The van der Waals surface area contributed by atoms with Crippen LogP contribution in [0.25, 0.3) is 21.5 Å². The van der Waals surface area contributed by atoms with Gasteiger partial charge < -0.3 is 31.5 Å². The van der Waals surface area contributed by atoms with E-state index in [1.165, 1.54) is 42.9 Å². The van der Waals surface area contributed by atoms with Crippen molar-refractivity contribution in [1.82, 2.24) is 0 Å². The van der Waals surface area contributed by atoms with E-state index < -0.39 is 12.2 Å². The molecule has 2 unspecified atom stereocenters. The Hall–Kier alpha value is -3.48. The molecular formula is C37H42N4O2. The van der Waals surface area contributed by atoms with Gasteiger partial charge in [0.2, 0.25) is 0 Å². The zero-order valence-corrected chi connectivity index (χ0v) is 24.9. The largest absolute Gasteiger partial charge is 0.392 e. The Labute approximate surface area is 253 Å². The first-order chi connectivity index (χ1) is 20.9. The van der Waals surface area contributed by atoms with Gasteiger partial charge in [-0.2, -0.15) is 0 Å². The standard InChI is InChI=1S/C37H42N4O2/c1-21-15-19-37(20-16-21)39-27-10-6-8-23-25(12-14-29(41-37)31(23)27)33-34(42)32(35(33)43)24-11-13-28-30-22(24)7-5-9-26(30)38-36(40-28)17-3-2-4-18-36/h5-14,21,32-35,38-43H,2-4,15-20H2,1H3. The van der Waals surface area contributed by atoms with Crippen LogP contribution >= 0.6 is 0 Å². The third-order valence-corrected chi connectivity index (χ3v) is 11.7. The van der Waals surface area contributed by atoms with Gasteiger partial charge in [-0.3, -0.25) is 0 Å². The number of nitrogens with one attached hydrogen (secondary N) is 4. The number of hydrogen-bond acceptors (Lipinski definition) is 6. The van der Waals surface area contributed by atoms with Crippen LogP contribution in [0.1, 0.15) is 87.7 Å². The Morgan fingerprint density at radius 1 is 0.558 bits per heavy atom. The summed E-state index contributed by atoms with van der Waals surface area (Å²) in [7, 11) is 0. The average Bonchev–Trinajstić information content (AvgIpc) is 3.02. The quantitative estimate of drug-likeness (QED) is 0.146. The number of aliphatic hydroxyl groups is 2. The third-order valence-electron chi connectivity index (χ3n) is 11.7. The molecule has 3 aliphatic carbocycles. The zero-order valence-electron chi connectivity index (χ0n) is 24.9. The molecule has 9 rings (SSSR count). The Balaban J connectivity index is 1.05. The lowest BCUT2D eigenvalue weighted by molar-refractivity contribution is -0.0775. The molecule has 2 heterocycles. The first kappa shape index (κ1) is 26.0. The lowest BCUT2D eigenvalue weighted by Crippen LogP contribution is -2.52. The first-order valence-corrected chi connectivity index (χ1v) is 16.5. The third kappa shape index (κ3) is 3.78. The molecule has 2 spiro atoms. The minimum absolute atomic E-state index is 0.0743. The number of hydrogen-bond donors (Lipinski definition) is 6. The SMILES string of the molecule is CC1CCC2(CC1)Nc1cccc3c(C4C(O)C(c5ccc6c7c(cccc57)NC5(CCCCC5)N6)C4O)ccc(c13)N2. The fraction of sp³-hybridized carbons (Fsp3) is 0.459. The zero-order chi connectivity index (χ0) is 28.9. The highest BCUT2D eigenvalue weighted by molar-refractivity contribution is 6.08. The number of rotatable bonds is 2. The minimum Gasteiger partial charge on any atom is -0.392 e. The van der Waals surface area contributed by atoms with Crippen LogP contribution in [0.4, 0.5) is 22.7 Å². The van der Waals surface area contributed by atoms with Gasteiger partial charge in [-0.05, 0) is 103 Å². The first-order valence-electron chi connectivity index (χ1n) is 16.5. The van der Waals surface area contributed by atoms with Crippen LogP contribution in [-0.2, 0) is 0 Å². The predicted octanol–water partition coefficient (Wildman–Crippen LogP) is 7.84. The highest BCUT2D eigenvalue weighted by Crippen LogP contribution is 2.54. The summed E-state index contributed by atoms with van der Waals surface area (Å²) in [6, 6.07) is 21.5. The summed E-state index contributed by atoms with van der Waals surface area (Å²) in [6.45, 7) is 2.35. The van der Waals surface area contributed by atoms with Crippen molar-refractivity contribution in [3.63, 3.8) is 0 Å². The van der Waals surface area contributed by atoms with E-state index in [-0.39, 0.29) is 23.2 Å². The van der Waals surface area contributed by atoms with Crippen LogP contribution in [0.5, 0.6) is 0 Å². The Morgan fingerprint density at radius 3 is 1.49 bits per heavy atom. The molecule has 3 saturated carbocycles. The predicted molar refractivity (Wildman–Crippen MR) is 176 cm³/mol. The van der Waals surface area contributed by atoms with Gasteiger partial charge in [0.1, 0.15) is 11.3 Å². The molecule has 0 radical (unpaired) electrons. The van der Waals surface area contributed by atoms with E-state index in [0.29, 0.717) is 0 Å². The summed E-state index contributed by atoms with van der Waals surface area (Å²) >= 11 is 0. The van der Waals surface area contributed by atoms with Crippen molar-refractivity contribution in [3.8, 4) is 0 Å². The van der Waals surface area contributed by atoms with Gasteiger partial charge >= 0.3 is 0 Å². The highest BCUT2D eigenvalue weighted by atomic mass is 16.3. The van der Waals surface area contributed by atoms with E-state index in [1.807, 2.05) is 0 Å². The average molecular weight is 575 g/mol. The highest BCUT2D eigenvalue weighted by Gasteiger charge is 2.52. The second kappa shape index (κ2) is 9.26. The molecule has 4 aromatic carbocycles. The Kier molecular flexibility index (Phi) is 5.59. The maximum absolute atomic E-state index is 11.8. The summed E-state index contributed by atoms with van der Waals surface area (Å²) in [5.41, 5.74) is 6.51. The molecule has 2 aliphatic heterocycles. The molecule has 43 heavy (non-hydrogen) atoms. The van der Waals surface area contributed by atoms with E-state index in [9.17, 15) is 10.2 Å². The van der Waals surface area contributed by atoms with E-state index in [0.717, 1.165) is 76.3 Å². The second-order valence-corrected chi connectivity index (χ2v) is 14.3. The lowest BCUT2D eigenvalue weighted by Gasteiger charge is -2.49. The second-order valence-electron chi connectivity index (χ2n) is 14.3. The molecule has 2 atom stereocenters. The van der Waals surface area contributed by atoms with Gasteiger partial charge in [0, 0.05) is 45.4 Å². The topological polar surface area (TPSA) is 88.6 Å². The smallest absolute Gasteiger partial charge is 0.108 e. The molecule has 0 aromatic heterocycles. The van der Waals surface area contributed by atoms with Crippen molar-refractivity contribution in [1.29, 1.82) is 0 Å². The number of aliphatic hydroxyl groups excluding tert-OH is 2.